The Morgan fingerprint density at radius 1 is 1.13 bits per heavy atom. The number of nitrogens with zero attached hydrogens (tertiary/aromatic N) is 1. The lowest BCUT2D eigenvalue weighted by atomic mass is 10.3. The number of thioether (sulfide) groups is 1. The van der Waals surface area contributed by atoms with Gasteiger partial charge in [-0.1, -0.05) is 18.2 Å². The molecule has 2 aromatic rings. The first-order chi connectivity index (χ1) is 7.36. The molecule has 1 aromatic heterocycles. The van der Waals surface area contributed by atoms with Crippen LogP contribution in [0, 0.1) is 0 Å². The molecule has 3 heteroatoms. The zero-order valence-electron chi connectivity index (χ0n) is 8.26. The van der Waals surface area contributed by atoms with E-state index in [9.17, 15) is 0 Å². The minimum Gasteiger partial charge on any atom is -0.398 e. The number of nitrogens with two attached hydrogens (primary N) is 1. The summed E-state index contributed by atoms with van der Waals surface area (Å²) in [6.07, 6.45) is 3.66. The van der Waals surface area contributed by atoms with Gasteiger partial charge in [-0.3, -0.25) is 4.98 Å². The van der Waals surface area contributed by atoms with Crippen molar-refractivity contribution < 1.29 is 0 Å². The summed E-state index contributed by atoms with van der Waals surface area (Å²) in [6.45, 7) is 0. The van der Waals surface area contributed by atoms with Gasteiger partial charge in [0.15, 0.2) is 0 Å². The Labute approximate surface area is 93.5 Å². The molecule has 0 amide bonds. The number of pyridine rings is 1. The van der Waals surface area contributed by atoms with E-state index in [1.165, 1.54) is 5.56 Å². The molecule has 0 aliphatic carbocycles. The molecule has 0 spiro atoms. The molecule has 15 heavy (non-hydrogen) atoms. The van der Waals surface area contributed by atoms with Crippen LogP contribution in [0.5, 0.6) is 0 Å². The van der Waals surface area contributed by atoms with Crippen molar-refractivity contribution in [3.63, 3.8) is 0 Å². The van der Waals surface area contributed by atoms with E-state index in [0.29, 0.717) is 0 Å². The van der Waals surface area contributed by atoms with Crippen molar-refractivity contribution in [2.75, 3.05) is 5.73 Å². The normalized spacial score (nSPS) is 10.1. The lowest BCUT2D eigenvalue weighted by Crippen LogP contribution is -1.88. The highest BCUT2D eigenvalue weighted by Gasteiger charge is 1.99. The van der Waals surface area contributed by atoms with Crippen LogP contribution in [0.1, 0.15) is 5.56 Å². The fraction of sp³-hybridized carbons (Fsp3) is 0.0833. The van der Waals surface area contributed by atoms with E-state index in [2.05, 4.69) is 11.1 Å². The second-order valence-corrected chi connectivity index (χ2v) is 4.20. The lowest BCUT2D eigenvalue weighted by molar-refractivity contribution is 1.25. The van der Waals surface area contributed by atoms with Crippen LogP contribution in [-0.2, 0) is 5.75 Å². The molecule has 0 unspecified atom stereocenters. The molecule has 0 saturated carbocycles. The Bertz CT molecular complexity index is 429. The van der Waals surface area contributed by atoms with Gasteiger partial charge in [-0.2, -0.15) is 0 Å². The maximum Gasteiger partial charge on any atom is 0.0452 e. The van der Waals surface area contributed by atoms with Gasteiger partial charge in [-0.05, 0) is 23.8 Å². The minimum absolute atomic E-state index is 0.839. The SMILES string of the molecule is Nc1ccccc1SCc1cccnc1. The Morgan fingerprint density at radius 3 is 2.73 bits per heavy atom. The van der Waals surface area contributed by atoms with Crippen LogP contribution in [0.25, 0.3) is 0 Å². The van der Waals surface area contributed by atoms with E-state index in [1.807, 2.05) is 36.5 Å². The summed E-state index contributed by atoms with van der Waals surface area (Å²) in [5.41, 5.74) is 7.90. The predicted molar refractivity (Wildman–Crippen MR) is 64.7 cm³/mol. The molecule has 2 nitrogen and oxygen atoms in total. The highest BCUT2D eigenvalue weighted by molar-refractivity contribution is 7.98. The molecule has 2 rings (SSSR count). The van der Waals surface area contributed by atoms with Crippen molar-refractivity contribution in [2.24, 2.45) is 0 Å². The number of aromatic nitrogens is 1. The van der Waals surface area contributed by atoms with Crippen molar-refractivity contribution in [2.45, 2.75) is 10.6 Å². The molecule has 76 valence electrons. The van der Waals surface area contributed by atoms with Gasteiger partial charge in [0.1, 0.15) is 0 Å². The first kappa shape index (κ1) is 10.1. The number of hydrogen-bond acceptors (Lipinski definition) is 3. The zero-order chi connectivity index (χ0) is 10.5. The van der Waals surface area contributed by atoms with Crippen molar-refractivity contribution in [3.8, 4) is 0 Å². The number of rotatable bonds is 3. The number of nitrogen functional groups attached to an aromatic ring is 1. The van der Waals surface area contributed by atoms with E-state index >= 15 is 0 Å². The standard InChI is InChI=1S/C12H12N2S/c13-11-5-1-2-6-12(11)15-9-10-4-3-7-14-8-10/h1-8H,9,13H2. The number of para-hydroxylation sites is 1. The Hall–Kier alpha value is -1.48. The molecular formula is C12H12N2S. The summed E-state index contributed by atoms with van der Waals surface area (Å²) in [6, 6.07) is 11.9. The summed E-state index contributed by atoms with van der Waals surface area (Å²) in [5, 5.41) is 0. The number of hydrogen-bond donors (Lipinski definition) is 1. The molecule has 0 fully saturated rings. The van der Waals surface area contributed by atoms with Gasteiger partial charge >= 0.3 is 0 Å². The quantitative estimate of drug-likeness (QED) is 0.633. The number of benzene rings is 1. The van der Waals surface area contributed by atoms with Gasteiger partial charge < -0.3 is 5.73 Å². The largest absolute Gasteiger partial charge is 0.398 e. The molecule has 1 aromatic carbocycles. The fourth-order valence-corrected chi connectivity index (χ4v) is 2.16. The molecule has 0 radical (unpaired) electrons. The summed E-state index contributed by atoms with van der Waals surface area (Å²) in [4.78, 5) is 5.20. The van der Waals surface area contributed by atoms with Crippen LogP contribution in [0.15, 0.2) is 53.7 Å². The first-order valence-corrected chi connectivity index (χ1v) is 5.71. The van der Waals surface area contributed by atoms with Crippen LogP contribution >= 0.6 is 11.8 Å². The highest BCUT2D eigenvalue weighted by atomic mass is 32.2. The van der Waals surface area contributed by atoms with Crippen molar-refractivity contribution >= 4 is 17.4 Å². The average molecular weight is 216 g/mol. The number of anilines is 1. The summed E-state index contributed by atoms with van der Waals surface area (Å²) < 4.78 is 0. The van der Waals surface area contributed by atoms with Gasteiger partial charge in [0.25, 0.3) is 0 Å². The summed E-state index contributed by atoms with van der Waals surface area (Å²) in [7, 11) is 0. The molecule has 0 saturated heterocycles. The smallest absolute Gasteiger partial charge is 0.0452 e. The van der Waals surface area contributed by atoms with Gasteiger partial charge in [0, 0.05) is 28.7 Å². The highest BCUT2D eigenvalue weighted by Crippen LogP contribution is 2.27. The van der Waals surface area contributed by atoms with Crippen molar-refractivity contribution in [1.29, 1.82) is 0 Å². The first-order valence-electron chi connectivity index (χ1n) is 4.72. The third-order valence-electron chi connectivity index (χ3n) is 2.04. The van der Waals surface area contributed by atoms with E-state index in [-0.39, 0.29) is 0 Å². The van der Waals surface area contributed by atoms with Crippen LogP contribution < -0.4 is 5.73 Å². The topological polar surface area (TPSA) is 38.9 Å². The molecule has 0 bridgehead atoms. The predicted octanol–water partition coefficient (Wildman–Crippen LogP) is 2.96. The second-order valence-electron chi connectivity index (χ2n) is 3.19. The van der Waals surface area contributed by atoms with Crippen molar-refractivity contribution in [3.05, 3.63) is 54.4 Å². The van der Waals surface area contributed by atoms with Crippen LogP contribution in [0.2, 0.25) is 0 Å². The molecule has 2 N–H and O–H groups in total. The van der Waals surface area contributed by atoms with Gasteiger partial charge in [-0.25, -0.2) is 0 Å². The van der Waals surface area contributed by atoms with Gasteiger partial charge in [0.05, 0.1) is 0 Å². The summed E-state index contributed by atoms with van der Waals surface area (Å²) >= 11 is 1.74. The lowest BCUT2D eigenvalue weighted by Gasteiger charge is -2.04. The third-order valence-corrected chi connectivity index (χ3v) is 3.20. The molecule has 1 heterocycles. The van der Waals surface area contributed by atoms with Gasteiger partial charge in [-0.15, -0.1) is 11.8 Å². The maximum absolute atomic E-state index is 5.85. The molecular weight excluding hydrogens is 204 g/mol. The third kappa shape index (κ3) is 2.73. The van der Waals surface area contributed by atoms with Crippen LogP contribution in [-0.4, -0.2) is 4.98 Å². The van der Waals surface area contributed by atoms with Crippen molar-refractivity contribution in [1.82, 2.24) is 4.98 Å². The van der Waals surface area contributed by atoms with Crippen LogP contribution in [0.4, 0.5) is 5.69 Å². The van der Waals surface area contributed by atoms with E-state index in [1.54, 1.807) is 18.0 Å². The molecule has 0 aliphatic heterocycles. The monoisotopic (exact) mass is 216 g/mol. The Balaban J connectivity index is 2.03. The van der Waals surface area contributed by atoms with E-state index < -0.39 is 0 Å². The van der Waals surface area contributed by atoms with E-state index in [4.69, 9.17) is 5.73 Å². The average Bonchev–Trinajstić information content (AvgIpc) is 2.29. The van der Waals surface area contributed by atoms with Gasteiger partial charge in [0.2, 0.25) is 0 Å². The zero-order valence-corrected chi connectivity index (χ0v) is 9.08. The fourth-order valence-electron chi connectivity index (χ4n) is 1.26. The molecule has 0 atom stereocenters. The Morgan fingerprint density at radius 2 is 2.00 bits per heavy atom. The Kier molecular flexibility index (Phi) is 3.25. The summed E-state index contributed by atoms with van der Waals surface area (Å²) in [5.74, 6) is 0.905. The van der Waals surface area contributed by atoms with E-state index in [0.717, 1.165) is 16.3 Å². The maximum atomic E-state index is 5.85. The second kappa shape index (κ2) is 4.84. The minimum atomic E-state index is 0.839. The molecule has 0 aliphatic rings. The van der Waals surface area contributed by atoms with Crippen LogP contribution in [0.3, 0.4) is 0 Å².